The first kappa shape index (κ1) is 20.8. The van der Waals surface area contributed by atoms with Gasteiger partial charge in [-0.3, -0.25) is 14.7 Å². The number of carboxylic acids is 1. The van der Waals surface area contributed by atoms with E-state index in [4.69, 9.17) is 4.74 Å². The number of thiazole rings is 1. The third kappa shape index (κ3) is 4.92. The van der Waals surface area contributed by atoms with Gasteiger partial charge in [-0.2, -0.15) is 11.8 Å². The maximum Gasteiger partial charge on any atom is 0.337 e. The lowest BCUT2D eigenvalue weighted by molar-refractivity contribution is -0.141. The van der Waals surface area contributed by atoms with E-state index >= 15 is 0 Å². The molecule has 2 atom stereocenters. The molecule has 0 bridgehead atoms. The molecule has 0 aliphatic carbocycles. The molecule has 0 aromatic carbocycles. The molecule has 3 heterocycles. The van der Waals surface area contributed by atoms with Gasteiger partial charge in [-0.25, -0.2) is 9.78 Å². The highest BCUT2D eigenvalue weighted by atomic mass is 32.2. The summed E-state index contributed by atoms with van der Waals surface area (Å²) in [4.78, 5) is 34.5. The van der Waals surface area contributed by atoms with Gasteiger partial charge in [-0.05, 0) is 6.42 Å². The number of esters is 1. The van der Waals surface area contributed by atoms with Crippen LogP contribution in [-0.4, -0.2) is 77.1 Å². The molecular formula is C18H24N4O4S2. The van der Waals surface area contributed by atoms with Crippen LogP contribution in [0.3, 0.4) is 0 Å². The summed E-state index contributed by atoms with van der Waals surface area (Å²) in [5, 5.41) is 15.2. The standard InChI is InChI=1S/C18H24N4O4S2/c1-11(17(23)24)7-12-10-27-6-4-22(12)9-14-13(18(25)26-2)8-20-15(21-14)16-19-3-5-28-16/h3,5,11-12H,4,6-10H2,1-2H3,(H,20,21)(H,23,24). The van der Waals surface area contributed by atoms with Gasteiger partial charge < -0.3 is 15.2 Å². The van der Waals surface area contributed by atoms with E-state index in [-0.39, 0.29) is 12.6 Å². The van der Waals surface area contributed by atoms with Gasteiger partial charge in [0.05, 0.1) is 25.1 Å². The lowest BCUT2D eigenvalue weighted by atomic mass is 10.0. The van der Waals surface area contributed by atoms with E-state index in [2.05, 4.69) is 20.2 Å². The molecule has 2 N–H and O–H groups in total. The third-order valence-electron chi connectivity index (χ3n) is 4.85. The molecule has 28 heavy (non-hydrogen) atoms. The first-order valence-corrected chi connectivity index (χ1v) is 11.1. The Morgan fingerprint density at radius 3 is 3.00 bits per heavy atom. The number of ether oxygens (including phenoxy) is 1. The fourth-order valence-corrected chi connectivity index (χ4v) is 4.99. The molecule has 0 radical (unpaired) electrons. The fraction of sp³-hybridized carbons (Fsp3) is 0.556. The average Bonchev–Trinajstić information content (AvgIpc) is 3.23. The van der Waals surface area contributed by atoms with Crippen molar-refractivity contribution in [1.82, 2.24) is 15.2 Å². The molecule has 1 aromatic rings. The summed E-state index contributed by atoms with van der Waals surface area (Å²) < 4.78 is 4.94. The minimum atomic E-state index is -0.779. The number of hydrogen-bond acceptors (Lipinski definition) is 9. The number of aliphatic carboxylic acids is 1. The lowest BCUT2D eigenvalue weighted by Gasteiger charge is -2.37. The Bertz CT molecular complexity index is 779. The highest BCUT2D eigenvalue weighted by Crippen LogP contribution is 2.24. The second-order valence-electron chi connectivity index (χ2n) is 6.75. The number of nitrogens with one attached hydrogen (secondary N) is 1. The molecular weight excluding hydrogens is 400 g/mol. The highest BCUT2D eigenvalue weighted by Gasteiger charge is 2.30. The number of carbonyl (C=O) groups excluding carboxylic acids is 1. The first-order chi connectivity index (χ1) is 13.5. The molecule has 152 valence electrons. The zero-order valence-electron chi connectivity index (χ0n) is 15.9. The van der Waals surface area contributed by atoms with Crippen molar-refractivity contribution in [2.45, 2.75) is 19.4 Å². The molecule has 1 fully saturated rings. The maximum atomic E-state index is 12.3. The fourth-order valence-electron chi connectivity index (χ4n) is 3.25. The van der Waals surface area contributed by atoms with Crippen LogP contribution >= 0.6 is 23.1 Å². The molecule has 0 spiro atoms. The Kier molecular flexibility index (Phi) is 7.08. The van der Waals surface area contributed by atoms with Crippen molar-refractivity contribution in [3.63, 3.8) is 0 Å². The van der Waals surface area contributed by atoms with Crippen molar-refractivity contribution in [2.75, 3.05) is 38.2 Å². The van der Waals surface area contributed by atoms with Gasteiger partial charge in [0.25, 0.3) is 0 Å². The number of aliphatic imine (C=N–C) groups is 1. The van der Waals surface area contributed by atoms with Gasteiger partial charge in [0.2, 0.25) is 0 Å². The molecule has 1 aromatic heterocycles. The molecule has 0 amide bonds. The van der Waals surface area contributed by atoms with Crippen LogP contribution < -0.4 is 5.32 Å². The van der Waals surface area contributed by atoms with Crippen LogP contribution in [0, 0.1) is 5.92 Å². The molecule has 10 heteroatoms. The summed E-state index contributed by atoms with van der Waals surface area (Å²) in [7, 11) is 1.36. The highest BCUT2D eigenvalue weighted by molar-refractivity contribution is 7.99. The van der Waals surface area contributed by atoms with Crippen molar-refractivity contribution in [2.24, 2.45) is 10.9 Å². The van der Waals surface area contributed by atoms with Crippen molar-refractivity contribution in [3.05, 3.63) is 27.9 Å². The van der Waals surface area contributed by atoms with Crippen molar-refractivity contribution >= 4 is 40.9 Å². The normalized spacial score (nSPS) is 21.6. The van der Waals surface area contributed by atoms with Crippen molar-refractivity contribution < 1.29 is 19.4 Å². The molecule has 1 saturated heterocycles. The van der Waals surface area contributed by atoms with Gasteiger partial charge >= 0.3 is 11.9 Å². The van der Waals surface area contributed by atoms with E-state index in [1.165, 1.54) is 18.4 Å². The number of carbonyl (C=O) groups is 2. The average molecular weight is 425 g/mol. The van der Waals surface area contributed by atoms with Gasteiger partial charge in [-0.15, -0.1) is 11.3 Å². The van der Waals surface area contributed by atoms with Crippen molar-refractivity contribution in [1.29, 1.82) is 0 Å². The van der Waals surface area contributed by atoms with Crippen LogP contribution in [0.15, 0.2) is 27.8 Å². The summed E-state index contributed by atoms with van der Waals surface area (Å²) >= 11 is 3.32. The van der Waals surface area contributed by atoms with Gasteiger partial charge in [0.1, 0.15) is 0 Å². The molecule has 2 aliphatic rings. The predicted molar refractivity (Wildman–Crippen MR) is 110 cm³/mol. The summed E-state index contributed by atoms with van der Waals surface area (Å²) in [6.07, 6.45) is 2.30. The Morgan fingerprint density at radius 1 is 1.50 bits per heavy atom. The minimum Gasteiger partial charge on any atom is -0.481 e. The number of thioether (sulfide) groups is 1. The van der Waals surface area contributed by atoms with Crippen LogP contribution in [0.25, 0.3) is 0 Å². The van der Waals surface area contributed by atoms with E-state index in [1.807, 2.05) is 17.1 Å². The molecule has 8 nitrogen and oxygen atoms in total. The molecule has 0 saturated carbocycles. The number of nitrogens with zero attached hydrogens (tertiary/aromatic N) is 3. The Balaban J connectivity index is 1.79. The third-order valence-corrected chi connectivity index (χ3v) is 6.72. The van der Waals surface area contributed by atoms with Crippen LogP contribution in [0.5, 0.6) is 0 Å². The summed E-state index contributed by atoms with van der Waals surface area (Å²) in [5.74, 6) is 0.926. The lowest BCUT2D eigenvalue weighted by Crippen LogP contribution is -2.47. The topological polar surface area (TPSA) is 104 Å². The van der Waals surface area contributed by atoms with E-state index in [9.17, 15) is 14.7 Å². The summed E-state index contributed by atoms with van der Waals surface area (Å²) in [6.45, 7) is 3.34. The number of amidine groups is 1. The quantitative estimate of drug-likeness (QED) is 0.634. The number of rotatable bonds is 7. The number of methoxy groups -OCH3 is 1. The largest absolute Gasteiger partial charge is 0.481 e. The molecule has 2 aliphatic heterocycles. The monoisotopic (exact) mass is 424 g/mol. The summed E-state index contributed by atoms with van der Waals surface area (Å²) in [6, 6.07) is 0.139. The van der Waals surface area contributed by atoms with Crippen molar-refractivity contribution in [3.8, 4) is 0 Å². The van der Waals surface area contributed by atoms with Crippen LogP contribution in [0.1, 0.15) is 18.4 Å². The van der Waals surface area contributed by atoms with E-state index in [0.29, 0.717) is 24.4 Å². The van der Waals surface area contributed by atoms with E-state index in [0.717, 1.165) is 28.8 Å². The minimum absolute atomic E-state index is 0.139. The van der Waals surface area contributed by atoms with E-state index < -0.39 is 17.9 Å². The number of aromatic nitrogens is 1. The smallest absolute Gasteiger partial charge is 0.337 e. The van der Waals surface area contributed by atoms with Gasteiger partial charge in [-0.1, -0.05) is 6.92 Å². The Hall–Kier alpha value is -1.91. The Labute approximate surface area is 172 Å². The SMILES string of the molecule is COC(=O)C1=C(CN2CCSCC2CC(C)C(=O)O)NC(c2nccs2)=NC1. The first-order valence-electron chi connectivity index (χ1n) is 9.05. The number of carboxylic acid groups (broad SMARTS) is 1. The van der Waals surface area contributed by atoms with Crippen LogP contribution in [0.4, 0.5) is 0 Å². The van der Waals surface area contributed by atoms with Gasteiger partial charge in [0, 0.05) is 47.9 Å². The number of hydrogen-bond donors (Lipinski definition) is 2. The second kappa shape index (κ2) is 9.53. The predicted octanol–water partition coefficient (Wildman–Crippen LogP) is 1.45. The van der Waals surface area contributed by atoms with Crippen LogP contribution in [-0.2, 0) is 14.3 Å². The maximum absolute atomic E-state index is 12.3. The molecule has 3 rings (SSSR count). The zero-order valence-corrected chi connectivity index (χ0v) is 17.5. The van der Waals surface area contributed by atoms with Gasteiger partial charge in [0.15, 0.2) is 10.8 Å². The van der Waals surface area contributed by atoms with Crippen LogP contribution in [0.2, 0.25) is 0 Å². The second-order valence-corrected chi connectivity index (χ2v) is 8.79. The summed E-state index contributed by atoms with van der Waals surface area (Å²) in [5.41, 5.74) is 1.26. The van der Waals surface area contributed by atoms with E-state index in [1.54, 1.807) is 13.1 Å². The Morgan fingerprint density at radius 2 is 2.32 bits per heavy atom. The zero-order chi connectivity index (χ0) is 20.1. The molecule has 2 unspecified atom stereocenters.